The number of aromatic nitrogens is 1. The molecule has 0 unspecified atom stereocenters. The molecule has 0 saturated heterocycles. The Morgan fingerprint density at radius 2 is 1.84 bits per heavy atom. The van der Waals surface area contributed by atoms with Crippen LogP contribution < -0.4 is 4.57 Å². The average Bonchev–Trinajstić information content (AvgIpc) is 2.38. The molecule has 0 spiro atoms. The molecule has 1 N–H and O–H groups in total. The molecule has 0 bridgehead atoms. The Hall–Kier alpha value is -1.38. The van der Waals surface area contributed by atoms with Crippen molar-refractivity contribution in [2.75, 3.05) is 0 Å². The van der Waals surface area contributed by atoms with E-state index < -0.39 is 5.97 Å². The lowest BCUT2D eigenvalue weighted by molar-refractivity contribution is -0.678. The topological polar surface area (TPSA) is 41.2 Å². The maximum atomic E-state index is 11.3. The van der Waals surface area contributed by atoms with Crippen LogP contribution in [0.15, 0.2) is 12.3 Å². The number of aryl methyl sites for hydroxylation is 1. The predicted molar refractivity (Wildman–Crippen MR) is 76.4 cm³/mol. The van der Waals surface area contributed by atoms with E-state index in [1.807, 2.05) is 24.7 Å². The van der Waals surface area contributed by atoms with Crippen molar-refractivity contribution < 1.29 is 14.5 Å². The van der Waals surface area contributed by atoms with Crippen molar-refractivity contribution >= 4 is 5.97 Å². The van der Waals surface area contributed by atoms with Gasteiger partial charge in [0.1, 0.15) is 7.05 Å². The van der Waals surface area contributed by atoms with Crippen LogP contribution in [0.5, 0.6) is 0 Å². The summed E-state index contributed by atoms with van der Waals surface area (Å²) < 4.78 is 2.00. The number of aromatic carboxylic acids is 1. The summed E-state index contributed by atoms with van der Waals surface area (Å²) in [6, 6.07) is 1.71. The van der Waals surface area contributed by atoms with Gasteiger partial charge in [-0.3, -0.25) is 0 Å². The number of nitrogens with zero attached hydrogens (tertiary/aromatic N) is 1. The van der Waals surface area contributed by atoms with Gasteiger partial charge in [-0.2, -0.15) is 0 Å². The Morgan fingerprint density at radius 3 is 2.47 bits per heavy atom. The van der Waals surface area contributed by atoms with Gasteiger partial charge >= 0.3 is 5.97 Å². The molecular weight excluding hydrogens is 238 g/mol. The first-order valence-electron chi connectivity index (χ1n) is 7.29. The van der Waals surface area contributed by atoms with Crippen LogP contribution in [0.4, 0.5) is 0 Å². The van der Waals surface area contributed by atoms with Crippen LogP contribution in [-0.2, 0) is 13.5 Å². The van der Waals surface area contributed by atoms with Gasteiger partial charge in [0.25, 0.3) is 0 Å². The van der Waals surface area contributed by atoms with Gasteiger partial charge in [-0.05, 0) is 12.8 Å². The largest absolute Gasteiger partial charge is 0.478 e. The third-order valence-electron chi connectivity index (χ3n) is 3.77. The summed E-state index contributed by atoms with van der Waals surface area (Å²) in [5.74, 6) is -0.815. The molecule has 0 aliphatic rings. The van der Waals surface area contributed by atoms with Crippen molar-refractivity contribution in [1.29, 1.82) is 0 Å². The summed E-state index contributed by atoms with van der Waals surface area (Å²) in [5, 5.41) is 9.24. The van der Waals surface area contributed by atoms with Crippen LogP contribution >= 0.6 is 0 Å². The van der Waals surface area contributed by atoms with Crippen molar-refractivity contribution in [3.63, 3.8) is 0 Å². The van der Waals surface area contributed by atoms with E-state index in [1.165, 1.54) is 32.1 Å². The molecule has 1 rings (SSSR count). The molecule has 19 heavy (non-hydrogen) atoms. The van der Waals surface area contributed by atoms with E-state index in [1.54, 1.807) is 6.07 Å². The first kappa shape index (κ1) is 15.7. The van der Waals surface area contributed by atoms with Gasteiger partial charge in [0, 0.05) is 18.6 Å². The molecule has 1 heterocycles. The van der Waals surface area contributed by atoms with Gasteiger partial charge in [-0.15, -0.1) is 0 Å². The van der Waals surface area contributed by atoms with Crippen LogP contribution in [0.1, 0.15) is 67.1 Å². The Kier molecular flexibility index (Phi) is 6.54. The fraction of sp³-hybridized carbons (Fsp3) is 0.625. The van der Waals surface area contributed by atoms with Crippen LogP contribution in [-0.4, -0.2) is 11.1 Å². The van der Waals surface area contributed by atoms with Gasteiger partial charge in [-0.25, -0.2) is 9.36 Å². The normalized spacial score (nSPS) is 10.7. The molecule has 0 aliphatic carbocycles. The Morgan fingerprint density at radius 1 is 1.21 bits per heavy atom. The molecule has 3 heteroatoms. The number of pyridine rings is 1. The highest BCUT2D eigenvalue weighted by Gasteiger charge is 2.17. The first-order chi connectivity index (χ1) is 9.07. The highest BCUT2D eigenvalue weighted by atomic mass is 16.4. The zero-order valence-electron chi connectivity index (χ0n) is 12.4. The lowest BCUT2D eigenvalue weighted by Crippen LogP contribution is -2.33. The summed E-state index contributed by atoms with van der Waals surface area (Å²) in [6.45, 7) is 4.21. The highest BCUT2D eigenvalue weighted by Crippen LogP contribution is 2.15. The third kappa shape index (κ3) is 4.66. The second-order valence-electron chi connectivity index (χ2n) is 5.23. The summed E-state index contributed by atoms with van der Waals surface area (Å²) in [5.41, 5.74) is 2.52. The van der Waals surface area contributed by atoms with Crippen molar-refractivity contribution in [2.45, 2.75) is 58.8 Å². The molecular formula is C16H26NO2+. The summed E-state index contributed by atoms with van der Waals surface area (Å²) in [4.78, 5) is 11.3. The van der Waals surface area contributed by atoms with E-state index in [0.717, 1.165) is 24.1 Å². The average molecular weight is 264 g/mol. The quantitative estimate of drug-likeness (QED) is 0.577. The molecule has 0 aromatic carbocycles. The van der Waals surface area contributed by atoms with Gasteiger partial charge < -0.3 is 5.11 Å². The number of carboxylic acid groups (broad SMARTS) is 1. The molecule has 0 atom stereocenters. The fourth-order valence-corrected chi connectivity index (χ4v) is 2.40. The molecule has 0 aliphatic heterocycles. The van der Waals surface area contributed by atoms with Gasteiger partial charge in [0.05, 0.1) is 5.56 Å². The number of rotatable bonds is 8. The molecule has 0 saturated carbocycles. The number of carbonyl (C=O) groups is 1. The molecule has 106 valence electrons. The number of unbranched alkanes of at least 4 members (excludes halogenated alkanes) is 5. The second kappa shape index (κ2) is 7.93. The van der Waals surface area contributed by atoms with E-state index in [2.05, 4.69) is 6.92 Å². The summed E-state index contributed by atoms with van der Waals surface area (Å²) in [7, 11) is 1.96. The third-order valence-corrected chi connectivity index (χ3v) is 3.77. The number of hydrogen-bond donors (Lipinski definition) is 1. The Labute approximate surface area is 116 Å². The zero-order chi connectivity index (χ0) is 14.3. The van der Waals surface area contributed by atoms with Crippen LogP contribution in [0.25, 0.3) is 0 Å². The smallest absolute Gasteiger partial charge is 0.336 e. The predicted octanol–water partition coefficient (Wildman–Crippen LogP) is 3.42. The molecule has 3 nitrogen and oxygen atoms in total. The van der Waals surface area contributed by atoms with Gasteiger partial charge in [0.15, 0.2) is 11.9 Å². The minimum absolute atomic E-state index is 0.462. The number of carboxylic acids is 1. The van der Waals surface area contributed by atoms with Crippen LogP contribution in [0.3, 0.4) is 0 Å². The molecule has 0 radical (unpaired) electrons. The Bertz CT molecular complexity index is 427. The molecule has 0 fully saturated rings. The van der Waals surface area contributed by atoms with Crippen molar-refractivity contribution in [3.8, 4) is 0 Å². The van der Waals surface area contributed by atoms with Crippen molar-refractivity contribution in [2.24, 2.45) is 7.05 Å². The monoisotopic (exact) mass is 264 g/mol. The zero-order valence-corrected chi connectivity index (χ0v) is 12.4. The van der Waals surface area contributed by atoms with Gasteiger partial charge in [-0.1, -0.05) is 39.0 Å². The second-order valence-corrected chi connectivity index (χ2v) is 5.23. The highest BCUT2D eigenvalue weighted by molar-refractivity contribution is 5.89. The lowest BCUT2D eigenvalue weighted by Gasteiger charge is -2.08. The van der Waals surface area contributed by atoms with E-state index in [9.17, 15) is 9.90 Å². The standard InChI is InChI=1S/C16H25NO2/c1-4-5-6-7-8-9-10-14-13(2)17(3)12-11-15(14)16(18)19/h11-12H,4-10H2,1-3H3/p+1. The maximum Gasteiger partial charge on any atom is 0.336 e. The summed E-state index contributed by atoms with van der Waals surface area (Å²) >= 11 is 0. The summed E-state index contributed by atoms with van der Waals surface area (Å²) in [6.07, 6.45) is 10.1. The van der Waals surface area contributed by atoms with E-state index in [-0.39, 0.29) is 0 Å². The lowest BCUT2D eigenvalue weighted by atomic mass is 9.99. The number of hydrogen-bond acceptors (Lipinski definition) is 1. The first-order valence-corrected chi connectivity index (χ1v) is 7.29. The van der Waals surface area contributed by atoms with Crippen LogP contribution in [0.2, 0.25) is 0 Å². The minimum atomic E-state index is -0.815. The Balaban J connectivity index is 2.61. The van der Waals surface area contributed by atoms with Crippen molar-refractivity contribution in [3.05, 3.63) is 29.1 Å². The van der Waals surface area contributed by atoms with E-state index in [0.29, 0.717) is 5.56 Å². The maximum absolute atomic E-state index is 11.3. The molecule has 1 aromatic heterocycles. The SMILES string of the molecule is CCCCCCCCc1c(C(=O)O)cc[n+](C)c1C. The van der Waals surface area contributed by atoms with E-state index >= 15 is 0 Å². The molecule has 1 aromatic rings. The van der Waals surface area contributed by atoms with Crippen LogP contribution in [0, 0.1) is 6.92 Å². The minimum Gasteiger partial charge on any atom is -0.478 e. The van der Waals surface area contributed by atoms with Crippen molar-refractivity contribution in [1.82, 2.24) is 0 Å². The fourth-order valence-electron chi connectivity index (χ4n) is 2.40. The van der Waals surface area contributed by atoms with E-state index in [4.69, 9.17) is 0 Å². The molecule has 0 amide bonds. The van der Waals surface area contributed by atoms with Gasteiger partial charge in [0.2, 0.25) is 0 Å².